The van der Waals surface area contributed by atoms with Crippen LogP contribution in [0.2, 0.25) is 0 Å². The molecule has 0 fully saturated rings. The predicted molar refractivity (Wildman–Crippen MR) is 337 cm³/mol. The van der Waals surface area contributed by atoms with Crippen LogP contribution in [-0.4, -0.2) is 19.9 Å². The normalized spacial score (nSPS) is 7.18. The SMILES string of the molecule is C.C.C.C.CC.CC.CC.CC.CC.CC.CC.[CH3-].[CH3-].[CH3-].[CH3-].[Ir].[Ir].[Ir].[Ir].[c-]1cccc2ccc3cccnc3c12.[c-]1ccccc1-c1ccccn1.[c-]1ccccc1Cc1ccccn1.[c-]1ccsc1-c1ccccn1. The maximum absolute atomic E-state index is 4.38. The Kier molecular flexibility index (Phi) is 114. The molecular weight excluding hydrogens is 1660 g/mol. The van der Waals surface area contributed by atoms with Crippen LogP contribution in [0, 0.1) is 54.0 Å². The molecule has 0 aliphatic heterocycles. The summed E-state index contributed by atoms with van der Waals surface area (Å²) in [6, 6.07) is 62.3. The standard InChI is InChI=1S/C13H8N.C12H10N.C11H8N.C9H6NS.7C2H6.4CH4.4CH3.4Ir/c1-2-6-12-10(4-1)7-8-11-5-3-9-14-13(11)12;1-2-6-11(7-3-1)10-12-8-4-5-9-13-12;1-2-6-10(7-3-1)11-8-4-5-9-12-11;1-2-6-10-8(4-1)9-5-3-7-11-9;7*1-2;;;;;;;;;;;;/h1-5,7-9H;1-6,8-9H,10H2;1-6,8-9H;1-4,6-7H;7*1-2H3;4*1H4;4*1H3;;;;/q4*-1;;;;;;;;;;;;4*-1;;;;. The molecule has 9 heteroatoms. The Hall–Kier alpha value is -3.70. The molecule has 9 rings (SSSR count). The first-order valence-corrected chi connectivity index (χ1v) is 24.0. The Morgan fingerprint density at radius 2 is 0.816 bits per heavy atom. The third kappa shape index (κ3) is 45.3. The number of hydrogen-bond acceptors (Lipinski definition) is 5. The zero-order valence-corrected chi connectivity index (χ0v) is 57.0. The number of hydrogen-bond donors (Lipinski definition) is 0. The largest absolute Gasteiger partial charge is 0.358 e. The van der Waals surface area contributed by atoms with E-state index in [9.17, 15) is 0 Å². The second kappa shape index (κ2) is 80.2. The van der Waals surface area contributed by atoms with Gasteiger partial charge in [0.15, 0.2) is 0 Å². The van der Waals surface area contributed by atoms with E-state index in [-0.39, 0.29) is 140 Å². The number of rotatable bonds is 4. The van der Waals surface area contributed by atoms with Crippen LogP contribution in [0.1, 0.15) is 138 Å². The van der Waals surface area contributed by atoms with Gasteiger partial charge >= 0.3 is 0 Å². The van der Waals surface area contributed by atoms with Gasteiger partial charge in [0.1, 0.15) is 0 Å². The van der Waals surface area contributed by atoms with Gasteiger partial charge in [-0.1, -0.05) is 180 Å². The zero-order chi connectivity index (χ0) is 48.1. The molecule has 0 aliphatic rings. The molecule has 5 aromatic heterocycles. The van der Waals surface area contributed by atoms with Gasteiger partial charge in [0, 0.05) is 111 Å². The van der Waals surface area contributed by atoms with Gasteiger partial charge in [0.2, 0.25) is 0 Å². The van der Waals surface area contributed by atoms with Gasteiger partial charge in [-0.05, 0) is 59.0 Å². The average Bonchev–Trinajstić information content (AvgIpc) is 3.98. The van der Waals surface area contributed by atoms with Crippen LogP contribution < -0.4 is 0 Å². The molecule has 0 unspecified atom stereocenters. The molecule has 4 radical (unpaired) electrons. The molecule has 4 nitrogen and oxygen atoms in total. The Labute approximate surface area is 530 Å². The quantitative estimate of drug-likeness (QED) is 0.130. The van der Waals surface area contributed by atoms with Gasteiger partial charge in [0.25, 0.3) is 0 Å². The summed E-state index contributed by atoms with van der Waals surface area (Å²) < 4.78 is 0. The van der Waals surface area contributed by atoms with Crippen LogP contribution in [0.3, 0.4) is 0 Å². The zero-order valence-electron chi connectivity index (χ0n) is 46.6. The minimum atomic E-state index is 0. The van der Waals surface area contributed by atoms with Crippen molar-refractivity contribution >= 4 is 33.0 Å². The fourth-order valence-corrected chi connectivity index (χ4v) is 5.57. The van der Waals surface area contributed by atoms with E-state index in [0.29, 0.717) is 0 Å². The first-order chi connectivity index (χ1) is 31.8. The van der Waals surface area contributed by atoms with E-state index in [1.807, 2.05) is 236 Å². The molecule has 0 bridgehead atoms. The second-order valence-corrected chi connectivity index (χ2v) is 11.7. The number of pyridine rings is 4. The maximum Gasteiger partial charge on any atom is 0.0426 e. The third-order valence-electron chi connectivity index (χ3n) is 7.29. The van der Waals surface area contributed by atoms with E-state index < -0.39 is 0 Å². The van der Waals surface area contributed by atoms with Gasteiger partial charge < -0.3 is 44.7 Å². The monoisotopic (exact) mass is 1770 g/mol. The number of aromatic nitrogens is 4. The van der Waals surface area contributed by atoms with Gasteiger partial charge in [-0.2, -0.15) is 48.0 Å². The number of fused-ring (bicyclic) bond motifs is 3. The molecular formula is C67H102Ir4N4S-8. The molecule has 0 N–H and O–H groups in total. The van der Waals surface area contributed by atoms with Crippen LogP contribution >= 0.6 is 11.3 Å². The van der Waals surface area contributed by atoms with Crippen molar-refractivity contribution in [2.45, 2.75) is 133 Å². The van der Waals surface area contributed by atoms with Crippen LogP contribution in [-0.2, 0) is 86.8 Å². The summed E-state index contributed by atoms with van der Waals surface area (Å²) in [5.74, 6) is 0. The van der Waals surface area contributed by atoms with Crippen molar-refractivity contribution in [3.05, 3.63) is 247 Å². The number of thiophene rings is 1. The molecule has 9 aromatic rings. The summed E-state index contributed by atoms with van der Waals surface area (Å²) >= 11 is 1.66. The predicted octanol–water partition coefficient (Wildman–Crippen LogP) is 22.3. The molecule has 0 atom stereocenters. The fourth-order valence-electron chi connectivity index (χ4n) is 4.92. The first-order valence-electron chi connectivity index (χ1n) is 23.1. The van der Waals surface area contributed by atoms with Crippen molar-refractivity contribution in [2.75, 3.05) is 0 Å². The van der Waals surface area contributed by atoms with E-state index >= 15 is 0 Å². The van der Waals surface area contributed by atoms with Crippen molar-refractivity contribution in [3.63, 3.8) is 0 Å². The molecule has 0 amide bonds. The van der Waals surface area contributed by atoms with Crippen LogP contribution in [0.4, 0.5) is 0 Å². The summed E-state index contributed by atoms with van der Waals surface area (Å²) in [6.45, 7) is 28.0. The molecule has 0 aliphatic carbocycles. The van der Waals surface area contributed by atoms with Crippen molar-refractivity contribution in [2.24, 2.45) is 0 Å². The average molecular weight is 1760 g/mol. The molecule has 0 saturated carbocycles. The third-order valence-corrected chi connectivity index (χ3v) is 8.13. The van der Waals surface area contributed by atoms with Gasteiger partial charge in [-0.25, -0.2) is 11.3 Å². The van der Waals surface area contributed by atoms with E-state index in [1.54, 1.807) is 23.7 Å². The minimum absolute atomic E-state index is 0. The Balaban J connectivity index is -0.0000000497. The van der Waals surface area contributed by atoms with E-state index in [1.165, 1.54) is 16.3 Å². The molecule has 76 heavy (non-hydrogen) atoms. The summed E-state index contributed by atoms with van der Waals surface area (Å²) in [5.41, 5.74) is 6.32. The van der Waals surface area contributed by atoms with E-state index in [4.69, 9.17) is 0 Å². The number of benzene rings is 4. The van der Waals surface area contributed by atoms with Crippen LogP contribution in [0.25, 0.3) is 43.5 Å². The maximum atomic E-state index is 4.38. The fraction of sp³-hybridized carbons (Fsp3) is 0.284. The smallest absolute Gasteiger partial charge is 0.0426 e. The first kappa shape index (κ1) is 108. The Morgan fingerprint density at radius 1 is 0.368 bits per heavy atom. The Bertz CT molecular complexity index is 2160. The van der Waals surface area contributed by atoms with Gasteiger partial charge in [0.05, 0.1) is 0 Å². The molecule has 5 heterocycles. The van der Waals surface area contributed by atoms with E-state index in [2.05, 4.69) is 74.5 Å². The molecule has 440 valence electrons. The summed E-state index contributed by atoms with van der Waals surface area (Å²) in [7, 11) is 0. The van der Waals surface area contributed by atoms with Crippen molar-refractivity contribution in [3.8, 4) is 21.8 Å². The van der Waals surface area contributed by atoms with Crippen LogP contribution in [0.5, 0.6) is 0 Å². The summed E-state index contributed by atoms with van der Waals surface area (Å²) in [5, 5.41) is 5.47. The van der Waals surface area contributed by atoms with Crippen molar-refractivity contribution in [1.29, 1.82) is 0 Å². The van der Waals surface area contributed by atoms with Gasteiger partial charge in [-0.15, -0.1) is 76.3 Å². The molecule has 0 saturated heterocycles. The molecule has 0 spiro atoms. The Morgan fingerprint density at radius 3 is 1.26 bits per heavy atom. The van der Waals surface area contributed by atoms with E-state index in [0.717, 1.165) is 44.8 Å². The minimum Gasteiger partial charge on any atom is -0.358 e. The van der Waals surface area contributed by atoms with Crippen LogP contribution in [0.15, 0.2) is 182 Å². The topological polar surface area (TPSA) is 51.6 Å². The van der Waals surface area contributed by atoms with Crippen molar-refractivity contribution in [1.82, 2.24) is 19.9 Å². The molecule has 4 aromatic carbocycles. The van der Waals surface area contributed by atoms with Crippen molar-refractivity contribution < 1.29 is 80.4 Å². The summed E-state index contributed by atoms with van der Waals surface area (Å²) in [6.07, 6.45) is 8.08. The number of nitrogens with zero attached hydrogens (tertiary/aromatic N) is 4. The van der Waals surface area contributed by atoms with Gasteiger partial charge in [-0.3, -0.25) is 4.98 Å². The second-order valence-electron chi connectivity index (χ2n) is 10.8. The summed E-state index contributed by atoms with van der Waals surface area (Å²) in [4.78, 5) is 18.2.